The number of pyridine rings is 1. The van der Waals surface area contributed by atoms with Crippen molar-refractivity contribution in [2.24, 2.45) is 0 Å². The Morgan fingerprint density at radius 3 is 2.44 bits per heavy atom. The minimum atomic E-state index is -0.379. The van der Waals surface area contributed by atoms with E-state index < -0.39 is 0 Å². The van der Waals surface area contributed by atoms with Crippen LogP contribution in [0.15, 0.2) is 42.5 Å². The van der Waals surface area contributed by atoms with Crippen LogP contribution in [-0.4, -0.2) is 59.8 Å². The van der Waals surface area contributed by atoms with E-state index in [-0.39, 0.29) is 23.2 Å². The molecular weight excluding hydrogens is 340 g/mol. The van der Waals surface area contributed by atoms with E-state index in [9.17, 15) is 9.59 Å². The topological polar surface area (TPSA) is 65.5 Å². The molecule has 7 heteroatoms. The number of hydrogen-bond acceptors (Lipinski definition) is 4. The second-order valence-corrected chi connectivity index (χ2v) is 6.40. The minimum absolute atomic E-state index is 0.148. The molecule has 0 saturated carbocycles. The van der Waals surface area contributed by atoms with Crippen LogP contribution in [0, 0.1) is 0 Å². The molecule has 1 aliphatic rings. The predicted molar refractivity (Wildman–Crippen MR) is 97.0 cm³/mol. The molecule has 1 N–H and O–H groups in total. The summed E-state index contributed by atoms with van der Waals surface area (Å²) < 4.78 is 0. The number of carbonyl (C=O) groups is 2. The predicted octanol–water partition coefficient (Wildman–Crippen LogP) is 2.37. The average Bonchev–Trinajstić information content (AvgIpc) is 2.62. The van der Waals surface area contributed by atoms with E-state index in [4.69, 9.17) is 11.6 Å². The van der Waals surface area contributed by atoms with Crippen molar-refractivity contribution in [3.8, 4) is 0 Å². The van der Waals surface area contributed by atoms with Crippen molar-refractivity contribution in [3.05, 3.63) is 58.9 Å². The molecule has 1 aromatic carbocycles. The van der Waals surface area contributed by atoms with Gasteiger partial charge in [0.05, 0.1) is 0 Å². The molecule has 0 unspecified atom stereocenters. The highest BCUT2D eigenvalue weighted by atomic mass is 35.5. The summed E-state index contributed by atoms with van der Waals surface area (Å²) >= 11 is 5.92. The molecule has 6 nitrogen and oxygen atoms in total. The van der Waals surface area contributed by atoms with Crippen LogP contribution < -0.4 is 5.32 Å². The molecule has 1 aromatic heterocycles. The second kappa shape index (κ2) is 7.63. The third kappa shape index (κ3) is 4.35. The fourth-order valence-corrected chi connectivity index (χ4v) is 2.80. The lowest BCUT2D eigenvalue weighted by molar-refractivity contribution is 0.0658. The van der Waals surface area contributed by atoms with Gasteiger partial charge in [-0.05, 0) is 37.4 Å². The summed E-state index contributed by atoms with van der Waals surface area (Å²) in [5, 5.41) is 3.27. The number of hydrogen-bond donors (Lipinski definition) is 1. The number of aromatic nitrogens is 1. The highest BCUT2D eigenvalue weighted by molar-refractivity contribution is 6.30. The molecular formula is C18H19ClN4O2. The zero-order valence-electron chi connectivity index (χ0n) is 13.9. The van der Waals surface area contributed by atoms with Crippen LogP contribution in [0.4, 0.5) is 5.69 Å². The van der Waals surface area contributed by atoms with Gasteiger partial charge >= 0.3 is 0 Å². The highest BCUT2D eigenvalue weighted by Crippen LogP contribution is 2.16. The lowest BCUT2D eigenvalue weighted by Gasteiger charge is -2.32. The van der Waals surface area contributed by atoms with Crippen molar-refractivity contribution in [2.75, 3.05) is 38.5 Å². The molecule has 0 radical (unpaired) electrons. The van der Waals surface area contributed by atoms with Gasteiger partial charge in [0.15, 0.2) is 0 Å². The van der Waals surface area contributed by atoms with Crippen LogP contribution in [-0.2, 0) is 0 Å². The van der Waals surface area contributed by atoms with E-state index >= 15 is 0 Å². The summed E-state index contributed by atoms with van der Waals surface area (Å²) in [6.45, 7) is 2.99. The van der Waals surface area contributed by atoms with Crippen molar-refractivity contribution >= 4 is 29.1 Å². The molecule has 130 valence electrons. The number of nitrogens with zero attached hydrogens (tertiary/aromatic N) is 3. The number of carbonyl (C=O) groups excluding carboxylic acids is 2. The van der Waals surface area contributed by atoms with Gasteiger partial charge < -0.3 is 15.1 Å². The van der Waals surface area contributed by atoms with Crippen molar-refractivity contribution < 1.29 is 9.59 Å². The standard InChI is InChI=1S/C18H19ClN4O2/c1-22-8-10-23(11-9-22)18(25)16-7-3-6-15(21-16)17(24)20-14-5-2-4-13(19)12-14/h2-7,12H,8-11H2,1H3,(H,20,24). The quantitative estimate of drug-likeness (QED) is 0.914. The first-order chi connectivity index (χ1) is 12.0. The number of rotatable bonds is 3. The Balaban J connectivity index is 1.72. The number of nitrogens with one attached hydrogen (secondary N) is 1. The summed E-state index contributed by atoms with van der Waals surface area (Å²) in [7, 11) is 2.03. The third-order valence-electron chi connectivity index (χ3n) is 4.07. The SMILES string of the molecule is CN1CCN(C(=O)c2cccc(C(=O)Nc3cccc(Cl)c3)n2)CC1. The maximum absolute atomic E-state index is 12.6. The summed E-state index contributed by atoms with van der Waals surface area (Å²) in [5.41, 5.74) is 1.05. The molecule has 1 fully saturated rings. The van der Waals surface area contributed by atoms with E-state index in [0.29, 0.717) is 23.8 Å². The zero-order valence-corrected chi connectivity index (χ0v) is 14.7. The Morgan fingerprint density at radius 2 is 1.72 bits per heavy atom. The summed E-state index contributed by atoms with van der Waals surface area (Å²) in [4.78, 5) is 33.1. The van der Waals surface area contributed by atoms with Crippen LogP contribution in [0.1, 0.15) is 21.0 Å². The largest absolute Gasteiger partial charge is 0.335 e. The van der Waals surface area contributed by atoms with Gasteiger partial charge in [-0.25, -0.2) is 4.98 Å². The fraction of sp³-hybridized carbons (Fsp3) is 0.278. The van der Waals surface area contributed by atoms with Gasteiger partial charge in [0, 0.05) is 36.9 Å². The lowest BCUT2D eigenvalue weighted by atomic mass is 10.2. The monoisotopic (exact) mass is 358 g/mol. The number of piperazine rings is 1. The third-order valence-corrected chi connectivity index (χ3v) is 4.31. The molecule has 2 heterocycles. The maximum Gasteiger partial charge on any atom is 0.274 e. The van der Waals surface area contributed by atoms with Crippen LogP contribution >= 0.6 is 11.6 Å². The van der Waals surface area contributed by atoms with Crippen molar-refractivity contribution in [1.82, 2.24) is 14.8 Å². The van der Waals surface area contributed by atoms with Crippen molar-refractivity contribution in [1.29, 1.82) is 0 Å². The molecule has 0 bridgehead atoms. The van der Waals surface area contributed by atoms with E-state index in [1.54, 1.807) is 47.4 Å². The van der Waals surface area contributed by atoms with Crippen molar-refractivity contribution in [3.63, 3.8) is 0 Å². The van der Waals surface area contributed by atoms with Crippen LogP contribution in [0.3, 0.4) is 0 Å². The molecule has 0 spiro atoms. The minimum Gasteiger partial charge on any atom is -0.335 e. The molecule has 0 aliphatic carbocycles. The fourth-order valence-electron chi connectivity index (χ4n) is 2.61. The maximum atomic E-state index is 12.6. The summed E-state index contributed by atoms with van der Waals surface area (Å²) in [6.07, 6.45) is 0. The van der Waals surface area contributed by atoms with E-state index in [1.165, 1.54) is 0 Å². The highest BCUT2D eigenvalue weighted by Gasteiger charge is 2.22. The normalized spacial score (nSPS) is 15.0. The van der Waals surface area contributed by atoms with E-state index in [2.05, 4.69) is 15.2 Å². The average molecular weight is 359 g/mol. The first kappa shape index (κ1) is 17.4. The first-order valence-electron chi connectivity index (χ1n) is 8.05. The molecule has 2 amide bonds. The van der Waals surface area contributed by atoms with Gasteiger partial charge in [0.2, 0.25) is 0 Å². The van der Waals surface area contributed by atoms with Crippen molar-refractivity contribution in [2.45, 2.75) is 0 Å². The Morgan fingerprint density at radius 1 is 1.04 bits per heavy atom. The molecule has 2 aromatic rings. The van der Waals surface area contributed by atoms with Gasteiger partial charge in [-0.3, -0.25) is 9.59 Å². The van der Waals surface area contributed by atoms with E-state index in [1.807, 2.05) is 7.05 Å². The number of anilines is 1. The lowest BCUT2D eigenvalue weighted by Crippen LogP contribution is -2.47. The summed E-state index contributed by atoms with van der Waals surface area (Å²) in [6, 6.07) is 11.8. The van der Waals surface area contributed by atoms with Crippen LogP contribution in [0.5, 0.6) is 0 Å². The Bertz CT molecular complexity index is 788. The van der Waals surface area contributed by atoms with Gasteiger partial charge in [0.1, 0.15) is 11.4 Å². The molecule has 25 heavy (non-hydrogen) atoms. The molecule has 1 aliphatic heterocycles. The van der Waals surface area contributed by atoms with E-state index in [0.717, 1.165) is 13.1 Å². The molecule has 3 rings (SSSR count). The Hall–Kier alpha value is -2.44. The smallest absolute Gasteiger partial charge is 0.274 e. The number of halogens is 1. The number of amides is 2. The van der Waals surface area contributed by atoms with Crippen LogP contribution in [0.25, 0.3) is 0 Å². The Kier molecular flexibility index (Phi) is 5.31. The first-order valence-corrected chi connectivity index (χ1v) is 8.42. The zero-order chi connectivity index (χ0) is 17.8. The Labute approximate surface area is 151 Å². The van der Waals surface area contributed by atoms with Gasteiger partial charge in [-0.2, -0.15) is 0 Å². The van der Waals surface area contributed by atoms with Gasteiger partial charge in [-0.15, -0.1) is 0 Å². The summed E-state index contributed by atoms with van der Waals surface area (Å²) in [5.74, 6) is -0.527. The van der Waals surface area contributed by atoms with Gasteiger partial charge in [-0.1, -0.05) is 23.7 Å². The van der Waals surface area contributed by atoms with Gasteiger partial charge in [0.25, 0.3) is 11.8 Å². The second-order valence-electron chi connectivity index (χ2n) is 5.97. The number of benzene rings is 1. The van der Waals surface area contributed by atoms with Crippen LogP contribution in [0.2, 0.25) is 5.02 Å². The molecule has 0 atom stereocenters. The number of likely N-dealkylation sites (N-methyl/N-ethyl adjacent to an activating group) is 1. The molecule has 1 saturated heterocycles.